The molecule has 6 heteroatoms. The van der Waals surface area contributed by atoms with Crippen LogP contribution in [0, 0.1) is 0 Å². The minimum atomic E-state index is 0.778. The molecule has 0 amide bonds. The SMILES string of the molecule is Clc1ccc(SCCSc2ncn[nH]2)cc1. The molecule has 0 aliphatic heterocycles. The van der Waals surface area contributed by atoms with Gasteiger partial charge in [0.2, 0.25) is 0 Å². The minimum Gasteiger partial charge on any atom is -0.254 e. The monoisotopic (exact) mass is 271 g/mol. The third-order valence-corrected chi connectivity index (χ3v) is 4.20. The van der Waals surface area contributed by atoms with Crippen molar-refractivity contribution < 1.29 is 0 Å². The van der Waals surface area contributed by atoms with Gasteiger partial charge in [-0.05, 0) is 24.3 Å². The normalized spacial score (nSPS) is 10.6. The van der Waals surface area contributed by atoms with Gasteiger partial charge in [0, 0.05) is 21.4 Å². The molecule has 84 valence electrons. The zero-order valence-electron chi connectivity index (χ0n) is 8.39. The summed E-state index contributed by atoms with van der Waals surface area (Å²) in [4.78, 5) is 5.28. The maximum Gasteiger partial charge on any atom is 0.183 e. The van der Waals surface area contributed by atoms with Crippen molar-refractivity contribution in [1.29, 1.82) is 0 Å². The van der Waals surface area contributed by atoms with E-state index in [1.165, 1.54) is 11.2 Å². The fourth-order valence-corrected chi connectivity index (χ4v) is 2.88. The Bertz CT molecular complexity index is 416. The van der Waals surface area contributed by atoms with Crippen LogP contribution >= 0.6 is 35.1 Å². The smallest absolute Gasteiger partial charge is 0.183 e. The second-order valence-electron chi connectivity index (χ2n) is 2.94. The molecule has 0 unspecified atom stereocenters. The van der Waals surface area contributed by atoms with Gasteiger partial charge in [0.15, 0.2) is 5.16 Å². The molecule has 1 N–H and O–H groups in total. The van der Waals surface area contributed by atoms with Gasteiger partial charge in [-0.2, -0.15) is 5.10 Å². The number of halogens is 1. The lowest BCUT2D eigenvalue weighted by molar-refractivity contribution is 0.974. The summed E-state index contributed by atoms with van der Waals surface area (Å²) >= 11 is 9.29. The molecular weight excluding hydrogens is 262 g/mol. The van der Waals surface area contributed by atoms with Crippen LogP contribution in [-0.4, -0.2) is 26.7 Å². The van der Waals surface area contributed by atoms with Crippen LogP contribution in [0.4, 0.5) is 0 Å². The Labute approximate surface area is 107 Å². The van der Waals surface area contributed by atoms with Crippen molar-refractivity contribution in [1.82, 2.24) is 15.2 Å². The number of hydrogen-bond donors (Lipinski definition) is 1. The molecule has 0 aliphatic carbocycles. The highest BCUT2D eigenvalue weighted by Crippen LogP contribution is 2.22. The number of thioether (sulfide) groups is 2. The van der Waals surface area contributed by atoms with E-state index in [0.717, 1.165) is 21.7 Å². The van der Waals surface area contributed by atoms with Crippen molar-refractivity contribution in [2.45, 2.75) is 10.1 Å². The summed E-state index contributed by atoms with van der Waals surface area (Å²) in [5, 5.41) is 8.26. The Morgan fingerprint density at radius 3 is 2.56 bits per heavy atom. The van der Waals surface area contributed by atoms with Crippen molar-refractivity contribution >= 4 is 35.1 Å². The van der Waals surface area contributed by atoms with Crippen LogP contribution in [0.2, 0.25) is 5.02 Å². The molecule has 1 aromatic carbocycles. The topological polar surface area (TPSA) is 41.6 Å². The highest BCUT2D eigenvalue weighted by Gasteiger charge is 1.98. The maximum absolute atomic E-state index is 5.81. The molecule has 1 aromatic heterocycles. The van der Waals surface area contributed by atoms with E-state index in [0.29, 0.717) is 0 Å². The van der Waals surface area contributed by atoms with Crippen LogP contribution in [-0.2, 0) is 0 Å². The number of H-pyrrole nitrogens is 1. The lowest BCUT2D eigenvalue weighted by Gasteiger charge is -2.00. The fraction of sp³-hybridized carbons (Fsp3) is 0.200. The largest absolute Gasteiger partial charge is 0.254 e. The van der Waals surface area contributed by atoms with E-state index in [1.807, 2.05) is 36.0 Å². The van der Waals surface area contributed by atoms with Crippen molar-refractivity contribution in [3.63, 3.8) is 0 Å². The average Bonchev–Trinajstić information content (AvgIpc) is 2.80. The van der Waals surface area contributed by atoms with Crippen molar-refractivity contribution in [3.8, 4) is 0 Å². The summed E-state index contributed by atoms with van der Waals surface area (Å²) in [7, 11) is 0. The molecule has 0 atom stereocenters. The van der Waals surface area contributed by atoms with Gasteiger partial charge in [-0.15, -0.1) is 11.8 Å². The molecular formula is C10H10ClN3S2. The summed E-state index contributed by atoms with van der Waals surface area (Å²) in [5.74, 6) is 2.04. The minimum absolute atomic E-state index is 0.778. The van der Waals surface area contributed by atoms with Crippen molar-refractivity contribution in [3.05, 3.63) is 35.6 Å². The predicted octanol–water partition coefficient (Wildman–Crippen LogP) is 3.34. The van der Waals surface area contributed by atoms with E-state index in [1.54, 1.807) is 11.8 Å². The van der Waals surface area contributed by atoms with E-state index < -0.39 is 0 Å². The lowest BCUT2D eigenvalue weighted by Crippen LogP contribution is -1.85. The number of aromatic amines is 1. The Morgan fingerprint density at radius 1 is 1.12 bits per heavy atom. The molecule has 2 rings (SSSR count). The first-order valence-corrected chi connectivity index (χ1v) is 7.06. The highest BCUT2D eigenvalue weighted by atomic mass is 35.5. The zero-order chi connectivity index (χ0) is 11.2. The van der Waals surface area contributed by atoms with Crippen LogP contribution in [0.3, 0.4) is 0 Å². The Balaban J connectivity index is 1.70. The van der Waals surface area contributed by atoms with E-state index in [2.05, 4.69) is 15.2 Å². The van der Waals surface area contributed by atoms with Gasteiger partial charge >= 0.3 is 0 Å². The van der Waals surface area contributed by atoms with E-state index >= 15 is 0 Å². The van der Waals surface area contributed by atoms with E-state index in [4.69, 9.17) is 11.6 Å². The molecule has 1 heterocycles. The highest BCUT2D eigenvalue weighted by molar-refractivity contribution is 8.02. The molecule has 3 nitrogen and oxygen atoms in total. The van der Waals surface area contributed by atoms with Gasteiger partial charge in [-0.1, -0.05) is 23.4 Å². The number of hydrogen-bond acceptors (Lipinski definition) is 4. The lowest BCUT2D eigenvalue weighted by atomic mass is 10.4. The molecule has 0 saturated carbocycles. The van der Waals surface area contributed by atoms with Crippen molar-refractivity contribution in [2.24, 2.45) is 0 Å². The van der Waals surface area contributed by atoms with E-state index in [-0.39, 0.29) is 0 Å². The number of nitrogens with one attached hydrogen (secondary N) is 1. The van der Waals surface area contributed by atoms with Crippen LogP contribution in [0.25, 0.3) is 0 Å². The first-order chi connectivity index (χ1) is 7.84. The first-order valence-electron chi connectivity index (χ1n) is 4.71. The summed E-state index contributed by atoms with van der Waals surface area (Å²) in [6.07, 6.45) is 1.52. The average molecular weight is 272 g/mol. The Morgan fingerprint density at radius 2 is 1.88 bits per heavy atom. The molecule has 0 saturated heterocycles. The van der Waals surface area contributed by atoms with Crippen LogP contribution < -0.4 is 0 Å². The summed E-state index contributed by atoms with van der Waals surface area (Å²) < 4.78 is 0. The predicted molar refractivity (Wildman–Crippen MR) is 69.3 cm³/mol. The van der Waals surface area contributed by atoms with Crippen LogP contribution in [0.5, 0.6) is 0 Å². The molecule has 0 fully saturated rings. The number of aromatic nitrogens is 3. The van der Waals surface area contributed by atoms with Crippen LogP contribution in [0.1, 0.15) is 0 Å². The molecule has 16 heavy (non-hydrogen) atoms. The summed E-state index contributed by atoms with van der Waals surface area (Å²) in [6.45, 7) is 0. The van der Waals surface area contributed by atoms with Gasteiger partial charge in [-0.3, -0.25) is 5.10 Å². The second-order valence-corrected chi connectivity index (χ2v) is 5.63. The third-order valence-electron chi connectivity index (χ3n) is 1.80. The van der Waals surface area contributed by atoms with Gasteiger partial charge < -0.3 is 0 Å². The number of rotatable bonds is 5. The molecule has 0 radical (unpaired) electrons. The maximum atomic E-state index is 5.81. The third kappa shape index (κ3) is 3.73. The quantitative estimate of drug-likeness (QED) is 0.669. The standard InChI is InChI=1S/C10H10ClN3S2/c11-8-1-3-9(4-2-8)15-5-6-16-10-12-7-13-14-10/h1-4,7H,5-6H2,(H,12,13,14). The number of benzene rings is 1. The van der Waals surface area contributed by atoms with Crippen molar-refractivity contribution in [2.75, 3.05) is 11.5 Å². The Hall–Kier alpha value is -0.650. The second kappa shape index (κ2) is 6.18. The fourth-order valence-electron chi connectivity index (χ4n) is 1.09. The van der Waals surface area contributed by atoms with Gasteiger partial charge in [0.25, 0.3) is 0 Å². The molecule has 0 bridgehead atoms. The van der Waals surface area contributed by atoms with Gasteiger partial charge in [0.1, 0.15) is 6.33 Å². The molecule has 0 aliphatic rings. The van der Waals surface area contributed by atoms with E-state index in [9.17, 15) is 0 Å². The zero-order valence-corrected chi connectivity index (χ0v) is 10.8. The summed E-state index contributed by atoms with van der Waals surface area (Å²) in [6, 6.07) is 7.89. The van der Waals surface area contributed by atoms with Gasteiger partial charge in [-0.25, -0.2) is 4.98 Å². The van der Waals surface area contributed by atoms with Crippen LogP contribution in [0.15, 0.2) is 40.6 Å². The first kappa shape index (κ1) is 11.8. The summed E-state index contributed by atoms with van der Waals surface area (Å²) in [5.41, 5.74) is 0. The number of nitrogens with zero attached hydrogens (tertiary/aromatic N) is 2. The Kier molecular flexibility index (Phi) is 4.56. The molecule has 0 spiro atoms. The van der Waals surface area contributed by atoms with Gasteiger partial charge in [0.05, 0.1) is 0 Å². The molecule has 2 aromatic rings.